The van der Waals surface area contributed by atoms with E-state index in [2.05, 4.69) is 0 Å². The van der Waals surface area contributed by atoms with Crippen molar-refractivity contribution in [3.8, 4) is 5.75 Å². The highest BCUT2D eigenvalue weighted by Gasteiger charge is 2.12. The summed E-state index contributed by atoms with van der Waals surface area (Å²) in [5, 5.41) is 8.52. The monoisotopic (exact) mass is 251 g/mol. The molecule has 0 bridgehead atoms. The second kappa shape index (κ2) is 6.64. The standard InChI is InChI=1S/C13H17NO4/c1-3-18-11-6-4-10(5-7-11)14(2)12(15)8-9-13(16)17/h4-7H,3,8-9H2,1-2H3,(H,16,17). The quantitative estimate of drug-likeness (QED) is 0.838. The lowest BCUT2D eigenvalue weighted by Gasteiger charge is -2.17. The first-order valence-corrected chi connectivity index (χ1v) is 5.75. The molecule has 0 saturated carbocycles. The second-order valence-corrected chi connectivity index (χ2v) is 3.77. The summed E-state index contributed by atoms with van der Waals surface area (Å²) in [6.07, 6.45) is -0.154. The van der Waals surface area contributed by atoms with Gasteiger partial charge in [0.05, 0.1) is 13.0 Å². The maximum atomic E-state index is 11.7. The fraction of sp³-hybridized carbons (Fsp3) is 0.385. The molecule has 1 N–H and O–H groups in total. The summed E-state index contributed by atoms with van der Waals surface area (Å²) in [6, 6.07) is 7.09. The van der Waals surface area contributed by atoms with Gasteiger partial charge < -0.3 is 14.7 Å². The van der Waals surface area contributed by atoms with Crippen molar-refractivity contribution >= 4 is 17.6 Å². The normalized spacial score (nSPS) is 9.89. The summed E-state index contributed by atoms with van der Waals surface area (Å²) in [6.45, 7) is 2.49. The Morgan fingerprint density at radius 1 is 1.22 bits per heavy atom. The molecule has 0 atom stereocenters. The van der Waals surface area contributed by atoms with Gasteiger partial charge in [0.25, 0.3) is 0 Å². The van der Waals surface area contributed by atoms with Gasteiger partial charge >= 0.3 is 5.97 Å². The van der Waals surface area contributed by atoms with Crippen molar-refractivity contribution in [1.82, 2.24) is 0 Å². The summed E-state index contributed by atoms with van der Waals surface area (Å²) in [5.74, 6) is -0.447. The number of hydrogen-bond donors (Lipinski definition) is 1. The van der Waals surface area contributed by atoms with Gasteiger partial charge in [-0.15, -0.1) is 0 Å². The molecule has 5 nitrogen and oxygen atoms in total. The highest BCUT2D eigenvalue weighted by Crippen LogP contribution is 2.19. The molecular formula is C13H17NO4. The summed E-state index contributed by atoms with van der Waals surface area (Å²) < 4.78 is 5.30. The van der Waals surface area contributed by atoms with Gasteiger partial charge in [0.1, 0.15) is 5.75 Å². The molecule has 0 unspecified atom stereocenters. The third kappa shape index (κ3) is 4.08. The molecule has 18 heavy (non-hydrogen) atoms. The van der Waals surface area contributed by atoms with Crippen LogP contribution in [-0.4, -0.2) is 30.6 Å². The Morgan fingerprint density at radius 2 is 1.83 bits per heavy atom. The molecule has 0 saturated heterocycles. The van der Waals surface area contributed by atoms with Crippen molar-refractivity contribution < 1.29 is 19.4 Å². The topological polar surface area (TPSA) is 66.8 Å². The van der Waals surface area contributed by atoms with Gasteiger partial charge in [-0.3, -0.25) is 9.59 Å². The van der Waals surface area contributed by atoms with E-state index in [1.807, 2.05) is 6.92 Å². The molecular weight excluding hydrogens is 234 g/mol. The minimum atomic E-state index is -0.969. The summed E-state index contributed by atoms with van der Waals surface area (Å²) >= 11 is 0. The average molecular weight is 251 g/mol. The van der Waals surface area contributed by atoms with Crippen LogP contribution < -0.4 is 9.64 Å². The lowest BCUT2D eigenvalue weighted by Crippen LogP contribution is -2.26. The minimum Gasteiger partial charge on any atom is -0.494 e. The van der Waals surface area contributed by atoms with Crippen molar-refractivity contribution in [3.63, 3.8) is 0 Å². The molecule has 5 heteroatoms. The second-order valence-electron chi connectivity index (χ2n) is 3.77. The maximum Gasteiger partial charge on any atom is 0.303 e. The van der Waals surface area contributed by atoms with Crippen LogP contribution in [0.15, 0.2) is 24.3 Å². The van der Waals surface area contributed by atoms with E-state index in [0.717, 1.165) is 5.75 Å². The van der Waals surface area contributed by atoms with Crippen LogP contribution in [0.5, 0.6) is 5.75 Å². The molecule has 0 radical (unpaired) electrons. The summed E-state index contributed by atoms with van der Waals surface area (Å²) in [7, 11) is 1.62. The molecule has 1 rings (SSSR count). The van der Waals surface area contributed by atoms with Gasteiger partial charge in [-0.25, -0.2) is 0 Å². The highest BCUT2D eigenvalue weighted by atomic mass is 16.5. The largest absolute Gasteiger partial charge is 0.494 e. The van der Waals surface area contributed by atoms with Crippen molar-refractivity contribution in [1.29, 1.82) is 0 Å². The number of rotatable bonds is 6. The number of carbonyl (C=O) groups excluding carboxylic acids is 1. The Hall–Kier alpha value is -2.04. The van der Waals surface area contributed by atoms with E-state index in [1.165, 1.54) is 4.90 Å². The van der Waals surface area contributed by atoms with Gasteiger partial charge in [-0.05, 0) is 31.2 Å². The smallest absolute Gasteiger partial charge is 0.303 e. The molecule has 1 aromatic carbocycles. The lowest BCUT2D eigenvalue weighted by molar-refractivity contribution is -0.138. The van der Waals surface area contributed by atoms with E-state index in [1.54, 1.807) is 31.3 Å². The third-order valence-corrected chi connectivity index (χ3v) is 2.46. The SMILES string of the molecule is CCOc1ccc(N(C)C(=O)CCC(=O)O)cc1. The van der Waals surface area contributed by atoms with Crippen LogP contribution in [0.25, 0.3) is 0 Å². The van der Waals surface area contributed by atoms with E-state index in [-0.39, 0.29) is 18.7 Å². The fourth-order valence-electron chi connectivity index (χ4n) is 1.46. The van der Waals surface area contributed by atoms with Crippen molar-refractivity contribution in [2.24, 2.45) is 0 Å². The zero-order chi connectivity index (χ0) is 13.5. The minimum absolute atomic E-state index is 0.000948. The molecule has 98 valence electrons. The Balaban J connectivity index is 2.62. The van der Waals surface area contributed by atoms with Gasteiger partial charge in [0, 0.05) is 19.2 Å². The van der Waals surface area contributed by atoms with Crippen LogP contribution in [0.4, 0.5) is 5.69 Å². The van der Waals surface area contributed by atoms with Gasteiger partial charge in [-0.2, -0.15) is 0 Å². The molecule has 1 amide bonds. The van der Waals surface area contributed by atoms with Crippen LogP contribution in [0, 0.1) is 0 Å². The van der Waals surface area contributed by atoms with Crippen molar-refractivity contribution in [2.45, 2.75) is 19.8 Å². The van der Waals surface area contributed by atoms with Gasteiger partial charge in [0.15, 0.2) is 0 Å². The molecule has 0 aliphatic rings. The Labute approximate surface area is 106 Å². The Bertz CT molecular complexity index is 414. The highest BCUT2D eigenvalue weighted by molar-refractivity contribution is 5.94. The van der Waals surface area contributed by atoms with Crippen LogP contribution in [-0.2, 0) is 9.59 Å². The molecule has 0 heterocycles. The third-order valence-electron chi connectivity index (χ3n) is 2.46. The number of benzene rings is 1. The lowest BCUT2D eigenvalue weighted by atomic mass is 10.2. The average Bonchev–Trinajstić information content (AvgIpc) is 2.36. The number of amides is 1. The number of ether oxygens (including phenoxy) is 1. The number of carboxylic acids is 1. The molecule has 0 aliphatic carbocycles. The van der Waals surface area contributed by atoms with Crippen LogP contribution in [0.2, 0.25) is 0 Å². The van der Waals surface area contributed by atoms with Crippen LogP contribution in [0.3, 0.4) is 0 Å². The van der Waals surface area contributed by atoms with E-state index >= 15 is 0 Å². The van der Waals surface area contributed by atoms with E-state index in [9.17, 15) is 9.59 Å². The zero-order valence-electron chi connectivity index (χ0n) is 10.5. The first kappa shape index (κ1) is 14.0. The van der Waals surface area contributed by atoms with Crippen molar-refractivity contribution in [2.75, 3.05) is 18.6 Å². The van der Waals surface area contributed by atoms with Gasteiger partial charge in [-0.1, -0.05) is 0 Å². The zero-order valence-corrected chi connectivity index (χ0v) is 10.5. The van der Waals surface area contributed by atoms with E-state index < -0.39 is 5.97 Å². The molecule has 0 aromatic heterocycles. The predicted molar refractivity (Wildman–Crippen MR) is 67.9 cm³/mol. The first-order valence-electron chi connectivity index (χ1n) is 5.75. The molecule has 1 aromatic rings. The fourth-order valence-corrected chi connectivity index (χ4v) is 1.46. The van der Waals surface area contributed by atoms with Crippen LogP contribution in [0.1, 0.15) is 19.8 Å². The number of hydrogen-bond acceptors (Lipinski definition) is 3. The number of aliphatic carboxylic acids is 1. The number of nitrogens with zero attached hydrogens (tertiary/aromatic N) is 1. The Morgan fingerprint density at radius 3 is 2.33 bits per heavy atom. The number of carbonyl (C=O) groups is 2. The Kier molecular flexibility index (Phi) is 5.17. The maximum absolute atomic E-state index is 11.7. The predicted octanol–water partition coefficient (Wildman–Crippen LogP) is 1.91. The molecule has 0 aliphatic heterocycles. The first-order chi connectivity index (χ1) is 8.54. The summed E-state index contributed by atoms with van der Waals surface area (Å²) in [4.78, 5) is 23.5. The molecule has 0 spiro atoms. The van der Waals surface area contributed by atoms with E-state index in [4.69, 9.17) is 9.84 Å². The van der Waals surface area contributed by atoms with E-state index in [0.29, 0.717) is 12.3 Å². The van der Waals surface area contributed by atoms with Crippen molar-refractivity contribution in [3.05, 3.63) is 24.3 Å². The van der Waals surface area contributed by atoms with Crippen LogP contribution >= 0.6 is 0 Å². The van der Waals surface area contributed by atoms with Gasteiger partial charge in [0.2, 0.25) is 5.91 Å². The number of carboxylic acid groups (broad SMARTS) is 1. The summed E-state index contributed by atoms with van der Waals surface area (Å²) in [5.41, 5.74) is 0.717. The number of anilines is 1. The molecule has 0 fully saturated rings.